The van der Waals surface area contributed by atoms with Gasteiger partial charge in [0.05, 0.1) is 22.1 Å². The van der Waals surface area contributed by atoms with Crippen LogP contribution in [0.3, 0.4) is 0 Å². The smallest absolute Gasteiger partial charge is 0.193 e. The van der Waals surface area contributed by atoms with E-state index in [0.29, 0.717) is 11.1 Å². The van der Waals surface area contributed by atoms with Crippen LogP contribution in [0.15, 0.2) is 133 Å². The van der Waals surface area contributed by atoms with Crippen LogP contribution in [-0.4, -0.2) is 14.8 Å². The zero-order chi connectivity index (χ0) is 36.4. The third-order valence-electron chi connectivity index (χ3n) is 11.3. The third kappa shape index (κ3) is 4.82. The van der Waals surface area contributed by atoms with Crippen LogP contribution in [0.5, 0.6) is 0 Å². The minimum atomic E-state index is 0.0232. The quantitative estimate of drug-likeness (QED) is 0.168. The maximum Gasteiger partial charge on any atom is 0.193 e. The number of hydrogen-bond acceptors (Lipinski definition) is 2. The molecule has 0 N–H and O–H groups in total. The van der Waals surface area contributed by atoms with Gasteiger partial charge < -0.3 is 4.57 Å². The van der Waals surface area contributed by atoms with Crippen molar-refractivity contribution in [2.75, 3.05) is 0 Å². The van der Waals surface area contributed by atoms with Gasteiger partial charge in [0.1, 0.15) is 4.83 Å². The molecule has 0 saturated carbocycles. The molecule has 0 atom stereocenters. The summed E-state index contributed by atoms with van der Waals surface area (Å²) in [5.74, 6) is 0.0232. The first-order valence-electron chi connectivity index (χ1n) is 18.5. The van der Waals surface area contributed by atoms with Crippen LogP contribution in [-0.2, 0) is 10.8 Å². The van der Waals surface area contributed by atoms with Crippen LogP contribution >= 0.6 is 11.3 Å². The number of thiophene rings is 1. The molecule has 4 aromatic heterocycles. The van der Waals surface area contributed by atoms with Gasteiger partial charge in [-0.05, 0) is 111 Å². The summed E-state index contributed by atoms with van der Waals surface area (Å²) in [6.07, 6.45) is 0. The Morgan fingerprint density at radius 2 is 1.08 bits per heavy atom. The average Bonchev–Trinajstić information content (AvgIpc) is 3.91. The number of hydrogen-bond donors (Lipinski definition) is 0. The molecule has 0 aliphatic rings. The molecule has 0 unspecified atom stereocenters. The Morgan fingerprint density at radius 3 is 1.68 bits per heavy atom. The van der Waals surface area contributed by atoms with Crippen LogP contribution in [0, 0.1) is 0 Å². The molecule has 10 aromatic rings. The van der Waals surface area contributed by atoms with Gasteiger partial charge in [-0.15, -0.1) is 11.3 Å². The standard InChI is InChI=1S/C49H40N2OS/c1-48(2,3)33-17-21-43-38(27-33)39-28-34(49(4,5)6)18-22-44(39)50(43)35-19-15-31(16-20-35)46(52)30-13-11-29(12-14-30)32-25-40-36-9-7-8-10-42(36)51-45(40)41(26-32)37-23-24-53-47(37)51/h7-28H,1-6H3. The normalized spacial score (nSPS) is 12.8. The van der Waals surface area contributed by atoms with Gasteiger partial charge in [-0.25, -0.2) is 0 Å². The molecule has 0 spiro atoms. The van der Waals surface area contributed by atoms with Crippen molar-refractivity contribution in [2.24, 2.45) is 0 Å². The minimum absolute atomic E-state index is 0.0232. The summed E-state index contributed by atoms with van der Waals surface area (Å²) in [5, 5.41) is 9.80. The average molecular weight is 705 g/mol. The third-order valence-corrected chi connectivity index (χ3v) is 12.2. The van der Waals surface area contributed by atoms with Crippen molar-refractivity contribution in [3.05, 3.63) is 155 Å². The van der Waals surface area contributed by atoms with Crippen LogP contribution in [0.1, 0.15) is 68.6 Å². The summed E-state index contributed by atoms with van der Waals surface area (Å²) < 4.78 is 4.76. The van der Waals surface area contributed by atoms with Crippen molar-refractivity contribution in [1.82, 2.24) is 8.97 Å². The lowest BCUT2D eigenvalue weighted by Crippen LogP contribution is -2.10. The van der Waals surface area contributed by atoms with E-state index in [0.717, 1.165) is 16.8 Å². The lowest BCUT2D eigenvalue weighted by atomic mass is 9.85. The predicted molar refractivity (Wildman–Crippen MR) is 226 cm³/mol. The van der Waals surface area contributed by atoms with E-state index in [1.54, 1.807) is 11.3 Å². The Kier molecular flexibility index (Phi) is 6.73. The molecule has 6 aromatic carbocycles. The number of fused-ring (bicyclic) bond motifs is 9. The first-order chi connectivity index (χ1) is 25.5. The maximum atomic E-state index is 13.9. The molecule has 3 nitrogen and oxygen atoms in total. The summed E-state index contributed by atoms with van der Waals surface area (Å²) in [7, 11) is 0. The first kappa shape index (κ1) is 32.0. The molecule has 0 radical (unpaired) electrons. The van der Waals surface area contributed by atoms with Crippen molar-refractivity contribution in [2.45, 2.75) is 52.4 Å². The fourth-order valence-electron chi connectivity index (χ4n) is 8.34. The van der Waals surface area contributed by atoms with Crippen molar-refractivity contribution >= 4 is 76.3 Å². The van der Waals surface area contributed by atoms with E-state index in [1.807, 2.05) is 24.3 Å². The zero-order valence-corrected chi connectivity index (χ0v) is 31.7. The SMILES string of the molecule is CC(C)(C)c1ccc2c(c1)c1cc(C(C)(C)C)ccc1n2-c1ccc(C(=O)c2ccc(-c3cc4c5ccccc5n5c6sccc6c(c3)c45)cc2)cc1. The Bertz CT molecular complexity index is 2990. The van der Waals surface area contributed by atoms with Crippen LogP contribution in [0.25, 0.3) is 76.0 Å². The highest BCUT2D eigenvalue weighted by Gasteiger charge is 2.22. The van der Waals surface area contributed by atoms with E-state index < -0.39 is 0 Å². The van der Waals surface area contributed by atoms with Crippen molar-refractivity contribution in [1.29, 1.82) is 0 Å². The Hall–Kier alpha value is -5.71. The highest BCUT2D eigenvalue weighted by molar-refractivity contribution is 7.17. The van der Waals surface area contributed by atoms with Gasteiger partial charge in [0, 0.05) is 49.1 Å². The topological polar surface area (TPSA) is 26.4 Å². The van der Waals surface area contributed by atoms with E-state index in [1.165, 1.54) is 70.3 Å². The van der Waals surface area contributed by atoms with E-state index in [-0.39, 0.29) is 16.6 Å². The molecule has 53 heavy (non-hydrogen) atoms. The van der Waals surface area contributed by atoms with Gasteiger partial charge in [-0.1, -0.05) is 96.1 Å². The Balaban J connectivity index is 1.00. The van der Waals surface area contributed by atoms with Gasteiger partial charge in [0.15, 0.2) is 5.78 Å². The molecule has 0 bridgehead atoms. The molecule has 0 amide bonds. The highest BCUT2D eigenvalue weighted by atomic mass is 32.1. The molecule has 4 heteroatoms. The highest BCUT2D eigenvalue weighted by Crippen LogP contribution is 2.43. The number of rotatable bonds is 4. The molecule has 4 heterocycles. The lowest BCUT2D eigenvalue weighted by molar-refractivity contribution is 0.103. The number of aromatic nitrogens is 2. The van der Waals surface area contributed by atoms with E-state index >= 15 is 0 Å². The van der Waals surface area contributed by atoms with Gasteiger partial charge in [0.25, 0.3) is 0 Å². The van der Waals surface area contributed by atoms with E-state index in [2.05, 4.69) is 159 Å². The zero-order valence-electron chi connectivity index (χ0n) is 30.9. The summed E-state index contributed by atoms with van der Waals surface area (Å²) >= 11 is 1.79. The molecule has 0 aliphatic carbocycles. The summed E-state index contributed by atoms with van der Waals surface area (Å²) in [6.45, 7) is 13.6. The fraction of sp³-hybridized carbons (Fsp3) is 0.163. The molecule has 258 valence electrons. The summed E-state index contributed by atoms with van der Waals surface area (Å²) in [6, 6.07) is 45.6. The maximum absolute atomic E-state index is 13.9. The van der Waals surface area contributed by atoms with Crippen molar-refractivity contribution in [3.8, 4) is 16.8 Å². The number of ketones is 1. The molecule has 0 saturated heterocycles. The molecule has 10 rings (SSSR count). The second-order valence-corrected chi connectivity index (χ2v) is 17.6. The van der Waals surface area contributed by atoms with Gasteiger partial charge in [-0.3, -0.25) is 9.20 Å². The van der Waals surface area contributed by atoms with Crippen molar-refractivity contribution in [3.63, 3.8) is 0 Å². The summed E-state index contributed by atoms with van der Waals surface area (Å²) in [4.78, 5) is 15.2. The molecule has 0 fully saturated rings. The summed E-state index contributed by atoms with van der Waals surface area (Å²) in [5.41, 5.74) is 12.3. The number of carbonyl (C=O) groups is 1. The van der Waals surface area contributed by atoms with Gasteiger partial charge in [-0.2, -0.15) is 0 Å². The number of para-hydroxylation sites is 1. The second-order valence-electron chi connectivity index (χ2n) is 16.7. The van der Waals surface area contributed by atoms with Crippen molar-refractivity contribution < 1.29 is 4.79 Å². The van der Waals surface area contributed by atoms with Gasteiger partial charge in [0.2, 0.25) is 0 Å². The Labute approximate surface area is 313 Å². The molecule has 0 aliphatic heterocycles. The van der Waals surface area contributed by atoms with Crippen LogP contribution in [0.2, 0.25) is 0 Å². The van der Waals surface area contributed by atoms with E-state index in [4.69, 9.17) is 0 Å². The first-order valence-corrected chi connectivity index (χ1v) is 19.3. The molecular formula is C49H40N2OS. The minimum Gasteiger partial charge on any atom is -0.309 e. The number of carbonyl (C=O) groups excluding carboxylic acids is 1. The van der Waals surface area contributed by atoms with Crippen LogP contribution < -0.4 is 0 Å². The largest absolute Gasteiger partial charge is 0.309 e. The van der Waals surface area contributed by atoms with Gasteiger partial charge >= 0.3 is 0 Å². The second kappa shape index (κ2) is 11.1. The molecular weight excluding hydrogens is 665 g/mol. The predicted octanol–water partition coefficient (Wildman–Crippen LogP) is 13.5. The lowest BCUT2D eigenvalue weighted by Gasteiger charge is -2.19. The fourth-order valence-corrected chi connectivity index (χ4v) is 9.27. The van der Waals surface area contributed by atoms with E-state index in [9.17, 15) is 4.79 Å². The van der Waals surface area contributed by atoms with Crippen LogP contribution in [0.4, 0.5) is 0 Å². The Morgan fingerprint density at radius 1 is 0.509 bits per heavy atom. The number of benzene rings is 6. The monoisotopic (exact) mass is 704 g/mol. The number of nitrogens with zero attached hydrogens (tertiary/aromatic N) is 2.